The Morgan fingerprint density at radius 2 is 1.10 bits per heavy atom. The number of aryl methyl sites for hydroxylation is 1. The zero-order chi connectivity index (χ0) is 26.0. The van der Waals surface area contributed by atoms with Crippen LogP contribution in [0.25, 0.3) is 28.0 Å². The molecule has 0 bridgehead atoms. The molecule has 0 spiro atoms. The fourth-order valence-corrected chi connectivity index (χ4v) is 4.51. The van der Waals surface area contributed by atoms with Crippen LogP contribution in [0.2, 0.25) is 0 Å². The molecule has 0 amide bonds. The van der Waals surface area contributed by atoms with Crippen LogP contribution in [-0.4, -0.2) is 0 Å². The van der Waals surface area contributed by atoms with E-state index in [0.717, 1.165) is 22.3 Å². The van der Waals surface area contributed by atoms with Crippen molar-refractivity contribution in [2.24, 2.45) is 0 Å². The van der Waals surface area contributed by atoms with E-state index in [-0.39, 0.29) is 26.2 Å². The Morgan fingerprint density at radius 3 is 1.72 bits per heavy atom. The first-order valence-electron chi connectivity index (χ1n) is 13.0. The van der Waals surface area contributed by atoms with E-state index in [9.17, 15) is 0 Å². The molecule has 0 saturated heterocycles. The quantitative estimate of drug-likeness (QED) is 0.109. The molecule has 0 unspecified atom stereocenters. The average Bonchev–Trinajstić information content (AvgIpc) is 3.37. The summed E-state index contributed by atoms with van der Waals surface area (Å²) in [7, 11) is 0. The third-order valence-corrected chi connectivity index (χ3v) is 6.33. The van der Waals surface area contributed by atoms with Crippen molar-refractivity contribution in [2.75, 3.05) is 0 Å². The van der Waals surface area contributed by atoms with E-state index in [1.165, 1.54) is 27.5 Å². The van der Waals surface area contributed by atoms with Gasteiger partial charge in [-0.15, -0.1) is 69.9 Å². The van der Waals surface area contributed by atoms with Crippen LogP contribution in [-0.2, 0) is 26.2 Å². The molecular formula is C38H30Zr. The molecular weight excluding hydrogens is 548 g/mol. The van der Waals surface area contributed by atoms with Gasteiger partial charge in [-0.05, 0) is 5.56 Å². The van der Waals surface area contributed by atoms with Crippen molar-refractivity contribution in [3.8, 4) is 0 Å². The molecule has 0 heterocycles. The van der Waals surface area contributed by atoms with Crippen molar-refractivity contribution in [2.45, 2.75) is 6.92 Å². The summed E-state index contributed by atoms with van der Waals surface area (Å²) in [5.74, 6) is 0. The van der Waals surface area contributed by atoms with E-state index >= 15 is 0 Å². The minimum atomic E-state index is 0. The first kappa shape index (κ1) is 28.1. The van der Waals surface area contributed by atoms with Crippen LogP contribution < -0.4 is 0 Å². The van der Waals surface area contributed by atoms with Crippen molar-refractivity contribution in [1.29, 1.82) is 0 Å². The zero-order valence-corrected chi connectivity index (χ0v) is 24.5. The van der Waals surface area contributed by atoms with Gasteiger partial charge in [-0.2, -0.15) is 6.07 Å². The maximum absolute atomic E-state index is 3.66. The number of hydrogen-bond donors (Lipinski definition) is 0. The van der Waals surface area contributed by atoms with Crippen LogP contribution in [0.5, 0.6) is 0 Å². The van der Waals surface area contributed by atoms with Gasteiger partial charge in [-0.3, -0.25) is 0 Å². The second kappa shape index (κ2) is 14.3. The van der Waals surface area contributed by atoms with E-state index in [1.807, 2.05) is 30.3 Å². The molecule has 186 valence electrons. The van der Waals surface area contributed by atoms with Crippen LogP contribution in [0.3, 0.4) is 0 Å². The van der Waals surface area contributed by atoms with E-state index in [2.05, 4.69) is 146 Å². The second-order valence-corrected chi connectivity index (χ2v) is 9.23. The molecule has 0 aromatic heterocycles. The van der Waals surface area contributed by atoms with Crippen molar-refractivity contribution in [3.63, 3.8) is 0 Å². The minimum Gasteiger partial charge on any atom is -0.165 e. The van der Waals surface area contributed by atoms with Crippen LogP contribution in [0, 0.1) is 13.0 Å². The normalized spacial score (nSPS) is 11.3. The number of fused-ring (bicyclic) bond motifs is 1. The van der Waals surface area contributed by atoms with Gasteiger partial charge < -0.3 is 0 Å². The number of benzene rings is 5. The molecule has 0 saturated carbocycles. The predicted octanol–water partition coefficient (Wildman–Crippen LogP) is 10.0. The van der Waals surface area contributed by atoms with Gasteiger partial charge in [0.1, 0.15) is 0 Å². The molecule has 0 atom stereocenters. The fourth-order valence-electron chi connectivity index (χ4n) is 4.51. The maximum atomic E-state index is 3.66. The molecule has 0 N–H and O–H groups in total. The molecule has 0 radical (unpaired) electrons. The van der Waals surface area contributed by atoms with E-state index < -0.39 is 0 Å². The van der Waals surface area contributed by atoms with Crippen molar-refractivity contribution in [1.82, 2.24) is 0 Å². The summed E-state index contributed by atoms with van der Waals surface area (Å²) < 4.78 is 0. The molecule has 6 aromatic rings. The summed E-state index contributed by atoms with van der Waals surface area (Å²) in [5, 5.41) is 2.69. The Hall–Kier alpha value is -3.93. The van der Waals surface area contributed by atoms with E-state index in [0.29, 0.717) is 0 Å². The van der Waals surface area contributed by atoms with Crippen LogP contribution >= 0.6 is 0 Å². The third kappa shape index (κ3) is 7.79. The molecule has 0 fully saturated rings. The first-order chi connectivity index (χ1) is 18.8. The summed E-state index contributed by atoms with van der Waals surface area (Å²) in [6.45, 7) is 2.12. The standard InChI is InChI=1S/C28H21.C10H9.Zr/c1-5-13-23(14-6-1)21-27(25-17-9-3-10-18-25)28(26-19-11-4-12-20-26)22-24-15-7-2-8-16-24;1-8-6-9-4-2-3-5-10(9)7-8;/h1-21H;2-7H,1H3;/q2*-1;+2/b27-21-;;. The maximum Gasteiger partial charge on any atom is 2.00 e. The zero-order valence-electron chi connectivity index (χ0n) is 22.1. The fraction of sp³-hybridized carbons (Fsp3) is 0.0263. The van der Waals surface area contributed by atoms with Gasteiger partial charge in [0.2, 0.25) is 0 Å². The summed E-state index contributed by atoms with van der Waals surface area (Å²) in [6, 6.07) is 54.6. The largest absolute Gasteiger partial charge is 2.00 e. The monoisotopic (exact) mass is 576 g/mol. The Morgan fingerprint density at radius 1 is 0.590 bits per heavy atom. The SMILES string of the molecule is Cc1cc2ccccc2[cH-]1.[C-](=C(/C(=C\c1ccccc1)c1ccccc1)c1ccccc1)c1ccccc1.[Zr+2]. The Balaban J connectivity index is 0.000000269. The minimum absolute atomic E-state index is 0. The van der Waals surface area contributed by atoms with Gasteiger partial charge in [-0.25, -0.2) is 0 Å². The molecule has 0 nitrogen and oxygen atoms in total. The molecule has 39 heavy (non-hydrogen) atoms. The number of rotatable bonds is 5. The van der Waals surface area contributed by atoms with E-state index in [1.54, 1.807) is 0 Å². The summed E-state index contributed by atoms with van der Waals surface area (Å²) >= 11 is 0. The van der Waals surface area contributed by atoms with Crippen molar-refractivity contribution in [3.05, 3.63) is 192 Å². The van der Waals surface area contributed by atoms with E-state index in [4.69, 9.17) is 0 Å². The summed E-state index contributed by atoms with van der Waals surface area (Å²) in [4.78, 5) is 0. The van der Waals surface area contributed by atoms with Crippen LogP contribution in [0.1, 0.15) is 27.8 Å². The van der Waals surface area contributed by atoms with Gasteiger partial charge in [-0.1, -0.05) is 145 Å². The van der Waals surface area contributed by atoms with Crippen LogP contribution in [0.15, 0.2) is 158 Å². The molecule has 6 rings (SSSR count). The topological polar surface area (TPSA) is 0 Å². The van der Waals surface area contributed by atoms with Crippen molar-refractivity contribution < 1.29 is 26.2 Å². The molecule has 0 aliphatic carbocycles. The summed E-state index contributed by atoms with van der Waals surface area (Å²) in [6.07, 6.45) is 5.91. The van der Waals surface area contributed by atoms with Gasteiger partial charge in [0.25, 0.3) is 0 Å². The first-order valence-corrected chi connectivity index (χ1v) is 13.0. The molecule has 0 aliphatic heterocycles. The molecule has 1 heteroatoms. The van der Waals surface area contributed by atoms with Gasteiger partial charge in [0.15, 0.2) is 0 Å². The Kier molecular flexibility index (Phi) is 10.3. The molecule has 0 aliphatic rings. The Labute approximate surface area is 251 Å². The van der Waals surface area contributed by atoms with Crippen molar-refractivity contribution >= 4 is 28.0 Å². The van der Waals surface area contributed by atoms with Gasteiger partial charge in [0, 0.05) is 0 Å². The van der Waals surface area contributed by atoms with Gasteiger partial charge in [0.05, 0.1) is 0 Å². The molecule has 6 aromatic carbocycles. The summed E-state index contributed by atoms with van der Waals surface area (Å²) in [5.41, 5.74) is 8.15. The smallest absolute Gasteiger partial charge is 0.165 e. The number of allylic oxidation sites excluding steroid dienone is 2. The average molecular weight is 578 g/mol. The second-order valence-electron chi connectivity index (χ2n) is 9.23. The number of hydrogen-bond acceptors (Lipinski definition) is 0. The Bertz CT molecular complexity index is 1500. The van der Waals surface area contributed by atoms with Gasteiger partial charge >= 0.3 is 26.2 Å². The predicted molar refractivity (Wildman–Crippen MR) is 164 cm³/mol. The van der Waals surface area contributed by atoms with Crippen LogP contribution in [0.4, 0.5) is 0 Å². The third-order valence-electron chi connectivity index (χ3n) is 6.33.